The fraction of sp³-hybridized carbons (Fsp3) is 0.304. The van der Waals surface area contributed by atoms with E-state index in [9.17, 15) is 14.0 Å². The molecule has 0 unspecified atom stereocenters. The number of hydrogen-bond donors (Lipinski definition) is 1. The molecule has 0 saturated carbocycles. The first-order valence-corrected chi connectivity index (χ1v) is 11.5. The molecule has 33 heavy (non-hydrogen) atoms. The van der Waals surface area contributed by atoms with Crippen molar-refractivity contribution in [1.29, 1.82) is 0 Å². The number of aromatic nitrogens is 2. The van der Waals surface area contributed by atoms with E-state index >= 15 is 0 Å². The van der Waals surface area contributed by atoms with E-state index in [1.165, 1.54) is 24.3 Å². The van der Waals surface area contributed by atoms with Crippen LogP contribution in [0.15, 0.2) is 48.5 Å². The SMILES string of the molecule is CCN1CCN(C(=O)c2ccc(OCc3nnc(C(=O)Nc4ccc(F)cc4)s3)cc2)CC1. The summed E-state index contributed by atoms with van der Waals surface area (Å²) in [6.45, 7) is 6.54. The molecule has 2 heterocycles. The van der Waals surface area contributed by atoms with Gasteiger partial charge in [-0.1, -0.05) is 18.3 Å². The van der Waals surface area contributed by atoms with E-state index in [0.29, 0.717) is 22.0 Å². The number of carbonyl (C=O) groups is 2. The number of benzene rings is 2. The lowest BCUT2D eigenvalue weighted by atomic mass is 10.1. The zero-order valence-electron chi connectivity index (χ0n) is 18.2. The molecule has 3 aromatic rings. The second-order valence-corrected chi connectivity index (χ2v) is 8.56. The summed E-state index contributed by atoms with van der Waals surface area (Å²) in [5.41, 5.74) is 1.10. The molecule has 4 rings (SSSR count). The molecule has 1 fully saturated rings. The minimum absolute atomic E-state index is 0.0261. The summed E-state index contributed by atoms with van der Waals surface area (Å²) in [6.07, 6.45) is 0. The van der Waals surface area contributed by atoms with Gasteiger partial charge in [-0.3, -0.25) is 9.59 Å². The number of amides is 2. The molecule has 0 aliphatic carbocycles. The van der Waals surface area contributed by atoms with Crippen molar-refractivity contribution in [3.05, 3.63) is 69.9 Å². The molecule has 0 spiro atoms. The number of nitrogens with one attached hydrogen (secondary N) is 1. The molecule has 1 saturated heterocycles. The summed E-state index contributed by atoms with van der Waals surface area (Å²) in [4.78, 5) is 29.2. The lowest BCUT2D eigenvalue weighted by Crippen LogP contribution is -2.48. The van der Waals surface area contributed by atoms with Gasteiger partial charge in [-0.15, -0.1) is 10.2 Å². The van der Waals surface area contributed by atoms with E-state index in [-0.39, 0.29) is 23.3 Å². The summed E-state index contributed by atoms with van der Waals surface area (Å²) in [5.74, 6) is -0.184. The maximum Gasteiger partial charge on any atom is 0.286 e. The Kier molecular flexibility index (Phi) is 7.26. The zero-order chi connectivity index (χ0) is 23.2. The van der Waals surface area contributed by atoms with E-state index in [0.717, 1.165) is 44.1 Å². The highest BCUT2D eigenvalue weighted by molar-refractivity contribution is 7.13. The third-order valence-electron chi connectivity index (χ3n) is 5.33. The third-order valence-corrected chi connectivity index (χ3v) is 6.23. The van der Waals surface area contributed by atoms with Crippen molar-refractivity contribution >= 4 is 28.8 Å². The number of carbonyl (C=O) groups excluding carboxylic acids is 2. The summed E-state index contributed by atoms with van der Waals surface area (Å²) in [5, 5.41) is 11.2. The number of ether oxygens (including phenoxy) is 1. The number of piperazine rings is 1. The van der Waals surface area contributed by atoms with E-state index in [1.54, 1.807) is 24.3 Å². The monoisotopic (exact) mass is 469 g/mol. The van der Waals surface area contributed by atoms with Crippen LogP contribution in [-0.2, 0) is 6.61 Å². The molecule has 0 radical (unpaired) electrons. The van der Waals surface area contributed by atoms with Crippen molar-refractivity contribution in [3.63, 3.8) is 0 Å². The Balaban J connectivity index is 1.28. The molecular formula is C23H24FN5O3S. The van der Waals surface area contributed by atoms with Crippen LogP contribution < -0.4 is 10.1 Å². The summed E-state index contributed by atoms with van der Waals surface area (Å²) < 4.78 is 18.7. The van der Waals surface area contributed by atoms with Crippen LogP contribution in [0.25, 0.3) is 0 Å². The number of hydrogen-bond acceptors (Lipinski definition) is 7. The molecule has 1 aromatic heterocycles. The molecule has 8 nitrogen and oxygen atoms in total. The highest BCUT2D eigenvalue weighted by Gasteiger charge is 2.21. The number of rotatable bonds is 7. The first-order chi connectivity index (χ1) is 16.0. The van der Waals surface area contributed by atoms with Gasteiger partial charge in [0.2, 0.25) is 5.01 Å². The number of anilines is 1. The first kappa shape index (κ1) is 22.8. The zero-order valence-corrected chi connectivity index (χ0v) is 19.0. The number of likely N-dealkylation sites (N-methyl/N-ethyl adjacent to an activating group) is 1. The lowest BCUT2D eigenvalue weighted by Gasteiger charge is -2.34. The molecule has 2 amide bonds. The van der Waals surface area contributed by atoms with Gasteiger partial charge < -0.3 is 19.9 Å². The van der Waals surface area contributed by atoms with Crippen LogP contribution >= 0.6 is 11.3 Å². The van der Waals surface area contributed by atoms with Crippen LogP contribution in [0.2, 0.25) is 0 Å². The average molecular weight is 470 g/mol. The number of nitrogens with zero attached hydrogens (tertiary/aromatic N) is 4. The maximum absolute atomic E-state index is 13.0. The van der Waals surface area contributed by atoms with Crippen molar-refractivity contribution in [2.45, 2.75) is 13.5 Å². The molecule has 0 bridgehead atoms. The van der Waals surface area contributed by atoms with Crippen molar-refractivity contribution in [2.24, 2.45) is 0 Å². The predicted octanol–water partition coefficient (Wildman–Crippen LogP) is 3.29. The van der Waals surface area contributed by atoms with E-state index in [2.05, 4.69) is 27.3 Å². The van der Waals surface area contributed by atoms with Gasteiger partial charge in [0.15, 0.2) is 5.01 Å². The largest absolute Gasteiger partial charge is 0.486 e. The van der Waals surface area contributed by atoms with Gasteiger partial charge in [0.1, 0.15) is 18.2 Å². The van der Waals surface area contributed by atoms with Gasteiger partial charge in [0.25, 0.3) is 11.8 Å². The quantitative estimate of drug-likeness (QED) is 0.571. The smallest absolute Gasteiger partial charge is 0.286 e. The fourth-order valence-corrected chi connectivity index (χ4v) is 4.06. The summed E-state index contributed by atoms with van der Waals surface area (Å²) >= 11 is 1.11. The van der Waals surface area contributed by atoms with E-state index in [4.69, 9.17) is 4.74 Å². The third kappa shape index (κ3) is 5.91. The Morgan fingerprint density at radius 3 is 2.39 bits per heavy atom. The van der Waals surface area contributed by atoms with Gasteiger partial charge in [-0.05, 0) is 55.1 Å². The molecule has 10 heteroatoms. The van der Waals surface area contributed by atoms with Crippen molar-refractivity contribution < 1.29 is 18.7 Å². The Morgan fingerprint density at radius 2 is 1.73 bits per heavy atom. The molecule has 1 aliphatic rings. The fourth-order valence-electron chi connectivity index (χ4n) is 3.41. The molecule has 1 N–H and O–H groups in total. The van der Waals surface area contributed by atoms with Crippen molar-refractivity contribution in [2.75, 3.05) is 38.0 Å². The standard InChI is InChI=1S/C23H24FN5O3S/c1-2-28-11-13-29(14-12-28)23(31)16-3-9-19(10-4-16)32-15-20-26-27-22(33-20)21(30)25-18-7-5-17(24)6-8-18/h3-10H,2,11-15H2,1H3,(H,25,30). The topological polar surface area (TPSA) is 87.7 Å². The minimum Gasteiger partial charge on any atom is -0.486 e. The van der Waals surface area contributed by atoms with Crippen LogP contribution in [0, 0.1) is 5.82 Å². The van der Waals surface area contributed by atoms with Gasteiger partial charge in [0.05, 0.1) is 0 Å². The second kappa shape index (κ2) is 10.5. The lowest BCUT2D eigenvalue weighted by molar-refractivity contribution is 0.0643. The van der Waals surface area contributed by atoms with Gasteiger partial charge >= 0.3 is 0 Å². The second-order valence-electron chi connectivity index (χ2n) is 7.50. The Bertz CT molecular complexity index is 1100. The van der Waals surface area contributed by atoms with Gasteiger partial charge in [0, 0.05) is 37.4 Å². The number of halogens is 1. The van der Waals surface area contributed by atoms with Gasteiger partial charge in [-0.25, -0.2) is 4.39 Å². The minimum atomic E-state index is -0.423. The summed E-state index contributed by atoms with van der Waals surface area (Å²) in [6, 6.07) is 12.5. The van der Waals surface area contributed by atoms with Crippen LogP contribution in [-0.4, -0.2) is 64.5 Å². The van der Waals surface area contributed by atoms with E-state index < -0.39 is 5.91 Å². The summed E-state index contributed by atoms with van der Waals surface area (Å²) in [7, 11) is 0. The van der Waals surface area contributed by atoms with Crippen LogP contribution in [0.1, 0.15) is 32.1 Å². The van der Waals surface area contributed by atoms with Gasteiger partial charge in [-0.2, -0.15) is 0 Å². The predicted molar refractivity (Wildman–Crippen MR) is 123 cm³/mol. The van der Waals surface area contributed by atoms with Crippen LogP contribution in [0.4, 0.5) is 10.1 Å². The average Bonchev–Trinajstić information content (AvgIpc) is 3.33. The molecule has 1 aliphatic heterocycles. The normalized spacial score (nSPS) is 14.2. The molecular weight excluding hydrogens is 445 g/mol. The molecule has 2 aromatic carbocycles. The molecule has 172 valence electrons. The molecule has 0 atom stereocenters. The first-order valence-electron chi connectivity index (χ1n) is 10.7. The Hall–Kier alpha value is -3.37. The Labute approximate surface area is 195 Å². The Morgan fingerprint density at radius 1 is 1.03 bits per heavy atom. The highest BCUT2D eigenvalue weighted by atomic mass is 32.1. The van der Waals surface area contributed by atoms with E-state index in [1.807, 2.05) is 4.90 Å². The van der Waals surface area contributed by atoms with Crippen LogP contribution in [0.5, 0.6) is 5.75 Å². The van der Waals surface area contributed by atoms with Crippen molar-refractivity contribution in [3.8, 4) is 5.75 Å². The van der Waals surface area contributed by atoms with Crippen molar-refractivity contribution in [1.82, 2.24) is 20.0 Å². The highest BCUT2D eigenvalue weighted by Crippen LogP contribution is 2.19. The van der Waals surface area contributed by atoms with Crippen LogP contribution in [0.3, 0.4) is 0 Å². The maximum atomic E-state index is 13.0.